The van der Waals surface area contributed by atoms with Crippen LogP contribution < -0.4 is 0 Å². The Balaban J connectivity index is 2.07. The summed E-state index contributed by atoms with van der Waals surface area (Å²) in [6, 6.07) is 0. The van der Waals surface area contributed by atoms with E-state index < -0.39 is 0 Å². The Hall–Kier alpha value is -1.00. The predicted molar refractivity (Wildman–Crippen MR) is 52.6 cm³/mol. The summed E-state index contributed by atoms with van der Waals surface area (Å²) in [5, 5.41) is 8.96. The third kappa shape index (κ3) is 1.91. The largest absolute Gasteiger partial charge is 0.392 e. The Bertz CT molecular complexity index is 323. The third-order valence-electron chi connectivity index (χ3n) is 2.61. The summed E-state index contributed by atoms with van der Waals surface area (Å²) in [4.78, 5) is 10.9. The minimum atomic E-state index is 0.0236. The number of hydrogen-bond donors (Lipinski definition) is 1. The first-order chi connectivity index (χ1) is 6.79. The van der Waals surface area contributed by atoms with Crippen LogP contribution in [0.1, 0.15) is 23.5 Å². The van der Waals surface area contributed by atoms with Gasteiger partial charge in [0.05, 0.1) is 13.2 Å². The van der Waals surface area contributed by atoms with Crippen LogP contribution in [0.2, 0.25) is 0 Å². The Morgan fingerprint density at radius 1 is 1.50 bits per heavy atom. The molecule has 1 aliphatic rings. The lowest BCUT2D eigenvalue weighted by molar-refractivity contribution is 0.168. The van der Waals surface area contributed by atoms with Gasteiger partial charge in [0, 0.05) is 17.5 Å². The van der Waals surface area contributed by atoms with Crippen molar-refractivity contribution in [2.45, 2.75) is 26.5 Å². The van der Waals surface area contributed by atoms with Crippen LogP contribution in [0.25, 0.3) is 0 Å². The molecule has 0 spiro atoms. The van der Waals surface area contributed by atoms with Crippen LogP contribution in [0.3, 0.4) is 0 Å². The van der Waals surface area contributed by atoms with Crippen molar-refractivity contribution in [3.8, 4) is 0 Å². The molecule has 1 saturated heterocycles. The topological polar surface area (TPSA) is 49.2 Å². The van der Waals surface area contributed by atoms with Crippen LogP contribution in [0.15, 0.2) is 6.20 Å². The van der Waals surface area contributed by atoms with E-state index in [4.69, 9.17) is 5.11 Å². The van der Waals surface area contributed by atoms with Crippen LogP contribution in [0.5, 0.6) is 0 Å². The highest BCUT2D eigenvalue weighted by atomic mass is 16.3. The van der Waals surface area contributed by atoms with Gasteiger partial charge in [-0.25, -0.2) is 9.97 Å². The van der Waals surface area contributed by atoms with Crippen LogP contribution in [-0.2, 0) is 13.2 Å². The predicted octanol–water partition coefficient (Wildman–Crippen LogP) is 0.483. The molecule has 0 amide bonds. The number of aromatic nitrogens is 2. The second-order valence-electron chi connectivity index (χ2n) is 3.68. The molecule has 1 aliphatic heterocycles. The lowest BCUT2D eigenvalue weighted by Gasteiger charge is -2.29. The fraction of sp³-hybridized carbons (Fsp3) is 0.600. The standard InChI is InChI=1S/C10H15N3O/c1-8-9(7-14)5-11-10(12-8)6-13-3-2-4-13/h5,14H,2-4,6-7H2,1H3. The van der Waals surface area contributed by atoms with Gasteiger partial charge in [-0.1, -0.05) is 0 Å². The molecule has 4 heteroatoms. The maximum absolute atomic E-state index is 8.96. The van der Waals surface area contributed by atoms with Crippen LogP contribution in [-0.4, -0.2) is 33.1 Å². The highest BCUT2D eigenvalue weighted by Gasteiger charge is 2.15. The number of hydrogen-bond acceptors (Lipinski definition) is 4. The van der Waals surface area contributed by atoms with Crippen molar-refractivity contribution in [2.75, 3.05) is 13.1 Å². The highest BCUT2D eigenvalue weighted by molar-refractivity contribution is 5.14. The van der Waals surface area contributed by atoms with Crippen LogP contribution in [0.4, 0.5) is 0 Å². The zero-order chi connectivity index (χ0) is 9.97. The second kappa shape index (κ2) is 4.02. The van der Waals surface area contributed by atoms with Gasteiger partial charge in [-0.2, -0.15) is 0 Å². The van der Waals surface area contributed by atoms with Crippen molar-refractivity contribution in [2.24, 2.45) is 0 Å². The zero-order valence-electron chi connectivity index (χ0n) is 8.40. The van der Waals surface area contributed by atoms with Crippen LogP contribution in [0, 0.1) is 6.92 Å². The van der Waals surface area contributed by atoms with Gasteiger partial charge in [0.15, 0.2) is 0 Å². The number of aryl methyl sites for hydroxylation is 1. The smallest absolute Gasteiger partial charge is 0.142 e. The monoisotopic (exact) mass is 193 g/mol. The molecular weight excluding hydrogens is 178 g/mol. The van der Waals surface area contributed by atoms with Crippen molar-refractivity contribution < 1.29 is 5.11 Å². The molecule has 4 nitrogen and oxygen atoms in total. The molecule has 76 valence electrons. The third-order valence-corrected chi connectivity index (χ3v) is 2.61. The summed E-state index contributed by atoms with van der Waals surface area (Å²) in [5.41, 5.74) is 1.70. The highest BCUT2D eigenvalue weighted by Crippen LogP contribution is 2.10. The fourth-order valence-corrected chi connectivity index (χ4v) is 1.51. The van der Waals surface area contributed by atoms with E-state index in [2.05, 4.69) is 14.9 Å². The Labute approximate surface area is 83.6 Å². The number of rotatable bonds is 3. The molecule has 14 heavy (non-hydrogen) atoms. The molecule has 0 saturated carbocycles. The van der Waals surface area contributed by atoms with E-state index in [9.17, 15) is 0 Å². The average molecular weight is 193 g/mol. The fourth-order valence-electron chi connectivity index (χ4n) is 1.51. The summed E-state index contributed by atoms with van der Waals surface area (Å²) in [7, 11) is 0. The molecule has 0 atom stereocenters. The minimum absolute atomic E-state index is 0.0236. The number of aliphatic hydroxyl groups is 1. The van der Waals surface area contributed by atoms with Crippen molar-refractivity contribution in [3.05, 3.63) is 23.3 Å². The van der Waals surface area contributed by atoms with E-state index >= 15 is 0 Å². The molecule has 0 aromatic carbocycles. The number of aliphatic hydroxyl groups excluding tert-OH is 1. The van der Waals surface area contributed by atoms with E-state index in [1.807, 2.05) is 6.92 Å². The van der Waals surface area contributed by atoms with Gasteiger partial charge >= 0.3 is 0 Å². The van der Waals surface area contributed by atoms with E-state index in [1.165, 1.54) is 6.42 Å². The second-order valence-corrected chi connectivity index (χ2v) is 3.68. The van der Waals surface area contributed by atoms with Crippen molar-refractivity contribution >= 4 is 0 Å². The number of likely N-dealkylation sites (tertiary alicyclic amines) is 1. The van der Waals surface area contributed by atoms with Crippen molar-refractivity contribution in [1.82, 2.24) is 14.9 Å². The van der Waals surface area contributed by atoms with Crippen molar-refractivity contribution in [1.29, 1.82) is 0 Å². The van der Waals surface area contributed by atoms with Gasteiger partial charge in [0.25, 0.3) is 0 Å². The average Bonchev–Trinajstić information content (AvgIpc) is 2.12. The lowest BCUT2D eigenvalue weighted by Crippen LogP contribution is -2.36. The van der Waals surface area contributed by atoms with E-state index in [1.54, 1.807) is 6.20 Å². The van der Waals surface area contributed by atoms with Gasteiger partial charge < -0.3 is 5.11 Å². The molecule has 1 aromatic rings. The normalized spacial score (nSPS) is 16.7. The van der Waals surface area contributed by atoms with E-state index in [0.717, 1.165) is 36.7 Å². The summed E-state index contributed by atoms with van der Waals surface area (Å²) >= 11 is 0. The van der Waals surface area contributed by atoms with Gasteiger partial charge in [0.1, 0.15) is 5.82 Å². The first kappa shape index (κ1) is 9.55. The van der Waals surface area contributed by atoms with E-state index in [-0.39, 0.29) is 6.61 Å². The van der Waals surface area contributed by atoms with Gasteiger partial charge in [0.2, 0.25) is 0 Å². The van der Waals surface area contributed by atoms with Gasteiger partial charge in [-0.05, 0) is 26.4 Å². The van der Waals surface area contributed by atoms with Gasteiger partial charge in [-0.3, -0.25) is 4.90 Å². The quantitative estimate of drug-likeness (QED) is 0.758. The Morgan fingerprint density at radius 3 is 2.79 bits per heavy atom. The number of nitrogens with zero attached hydrogens (tertiary/aromatic N) is 3. The molecule has 0 bridgehead atoms. The minimum Gasteiger partial charge on any atom is -0.392 e. The molecule has 2 rings (SSSR count). The SMILES string of the molecule is Cc1nc(CN2CCC2)ncc1CO. The molecule has 1 aromatic heterocycles. The van der Waals surface area contributed by atoms with Gasteiger partial charge in [-0.15, -0.1) is 0 Å². The molecule has 0 radical (unpaired) electrons. The van der Waals surface area contributed by atoms with E-state index in [0.29, 0.717) is 0 Å². The summed E-state index contributed by atoms with van der Waals surface area (Å²) < 4.78 is 0. The maximum atomic E-state index is 8.96. The Morgan fingerprint density at radius 2 is 2.29 bits per heavy atom. The maximum Gasteiger partial charge on any atom is 0.142 e. The summed E-state index contributed by atoms with van der Waals surface area (Å²) in [6.07, 6.45) is 3.01. The van der Waals surface area contributed by atoms with Crippen molar-refractivity contribution in [3.63, 3.8) is 0 Å². The molecular formula is C10H15N3O. The zero-order valence-corrected chi connectivity index (χ0v) is 8.40. The summed E-state index contributed by atoms with van der Waals surface area (Å²) in [5.74, 6) is 0.861. The molecule has 2 heterocycles. The molecule has 1 N–H and O–H groups in total. The lowest BCUT2D eigenvalue weighted by atomic mass is 10.2. The molecule has 0 unspecified atom stereocenters. The summed E-state index contributed by atoms with van der Waals surface area (Å²) in [6.45, 7) is 5.09. The molecule has 1 fully saturated rings. The molecule has 0 aliphatic carbocycles. The Kier molecular flexibility index (Phi) is 2.74. The first-order valence-electron chi connectivity index (χ1n) is 4.94. The van der Waals surface area contributed by atoms with Crippen LogP contribution >= 0.6 is 0 Å². The first-order valence-corrected chi connectivity index (χ1v) is 4.94.